The highest BCUT2D eigenvalue weighted by molar-refractivity contribution is 9.10. The Morgan fingerprint density at radius 1 is 1.22 bits per heavy atom. The molecular formula is C17H12BrClN2OS. The maximum absolute atomic E-state index is 12.6. The normalized spacial score (nSPS) is 16.1. The standard InChI is InChI=1S/C17H12BrClN2OS/c1-10-2-7-13(9-14(10)19)21-16(22)15(20-17(21)23)8-11-3-5-12(18)6-4-11/h2-9H,1H3,(H,20,23). The van der Waals surface area contributed by atoms with Gasteiger partial charge in [-0.15, -0.1) is 0 Å². The summed E-state index contributed by atoms with van der Waals surface area (Å²) < 4.78 is 0.983. The minimum atomic E-state index is -0.196. The minimum absolute atomic E-state index is 0.196. The van der Waals surface area contributed by atoms with Crippen molar-refractivity contribution in [2.24, 2.45) is 0 Å². The van der Waals surface area contributed by atoms with Gasteiger partial charge >= 0.3 is 0 Å². The van der Waals surface area contributed by atoms with Gasteiger partial charge < -0.3 is 5.32 Å². The summed E-state index contributed by atoms with van der Waals surface area (Å²) in [5.41, 5.74) is 2.96. The van der Waals surface area contributed by atoms with Crippen molar-refractivity contribution in [3.05, 3.63) is 68.8 Å². The lowest BCUT2D eigenvalue weighted by atomic mass is 10.2. The second-order valence-corrected chi connectivity index (χ2v) is 6.82. The summed E-state index contributed by atoms with van der Waals surface area (Å²) in [6, 6.07) is 13.1. The smallest absolute Gasteiger partial charge is 0.281 e. The molecule has 0 spiro atoms. The van der Waals surface area contributed by atoms with Crippen LogP contribution >= 0.6 is 39.7 Å². The number of halogens is 2. The van der Waals surface area contributed by atoms with Crippen LogP contribution in [-0.2, 0) is 4.79 Å². The molecule has 3 rings (SSSR count). The van der Waals surface area contributed by atoms with E-state index in [4.69, 9.17) is 23.8 Å². The lowest BCUT2D eigenvalue weighted by molar-refractivity contribution is -0.113. The van der Waals surface area contributed by atoms with E-state index in [1.54, 1.807) is 12.1 Å². The van der Waals surface area contributed by atoms with Gasteiger partial charge in [0.05, 0.1) is 5.69 Å². The number of nitrogens with one attached hydrogen (secondary N) is 1. The molecule has 1 aliphatic rings. The molecule has 1 aliphatic heterocycles. The second-order valence-electron chi connectivity index (χ2n) is 5.11. The number of amides is 1. The van der Waals surface area contributed by atoms with Gasteiger partial charge in [-0.25, -0.2) is 0 Å². The predicted octanol–water partition coefficient (Wildman–Crippen LogP) is 4.67. The number of nitrogens with zero attached hydrogens (tertiary/aromatic N) is 1. The molecule has 3 nitrogen and oxygen atoms in total. The maximum Gasteiger partial charge on any atom is 0.281 e. The lowest BCUT2D eigenvalue weighted by Crippen LogP contribution is -2.30. The number of aryl methyl sites for hydroxylation is 1. The molecule has 1 heterocycles. The third-order valence-corrected chi connectivity index (χ3v) is 4.69. The van der Waals surface area contributed by atoms with Crippen molar-refractivity contribution in [1.29, 1.82) is 0 Å². The van der Waals surface area contributed by atoms with Crippen molar-refractivity contribution in [2.45, 2.75) is 6.92 Å². The monoisotopic (exact) mass is 406 g/mol. The molecule has 1 saturated heterocycles. The number of carbonyl (C=O) groups is 1. The molecule has 1 N–H and O–H groups in total. The molecule has 6 heteroatoms. The lowest BCUT2D eigenvalue weighted by Gasteiger charge is -2.14. The molecule has 2 aromatic rings. The Balaban J connectivity index is 1.93. The van der Waals surface area contributed by atoms with Crippen LogP contribution in [0.15, 0.2) is 52.6 Å². The molecule has 0 radical (unpaired) electrons. The van der Waals surface area contributed by atoms with Gasteiger partial charge in [0, 0.05) is 9.50 Å². The molecule has 1 amide bonds. The molecule has 23 heavy (non-hydrogen) atoms. The van der Waals surface area contributed by atoms with Gasteiger partial charge in [-0.05, 0) is 60.6 Å². The van der Waals surface area contributed by atoms with Crippen LogP contribution in [0.25, 0.3) is 6.08 Å². The summed E-state index contributed by atoms with van der Waals surface area (Å²) >= 11 is 14.8. The first-order chi connectivity index (χ1) is 11.0. The summed E-state index contributed by atoms with van der Waals surface area (Å²) in [6.45, 7) is 1.91. The SMILES string of the molecule is Cc1ccc(N2C(=O)C(=Cc3ccc(Br)cc3)NC2=S)cc1Cl. The molecule has 2 aromatic carbocycles. The van der Waals surface area contributed by atoms with Crippen LogP contribution < -0.4 is 10.2 Å². The largest absolute Gasteiger partial charge is 0.327 e. The number of hydrogen-bond donors (Lipinski definition) is 1. The first-order valence-corrected chi connectivity index (χ1v) is 8.42. The number of carbonyl (C=O) groups excluding carboxylic acids is 1. The zero-order valence-electron chi connectivity index (χ0n) is 12.1. The maximum atomic E-state index is 12.6. The number of anilines is 1. The fourth-order valence-corrected chi connectivity index (χ4v) is 2.95. The van der Waals surface area contributed by atoms with Crippen LogP contribution in [0.1, 0.15) is 11.1 Å². The van der Waals surface area contributed by atoms with E-state index in [0.29, 0.717) is 21.5 Å². The first kappa shape index (κ1) is 16.2. The molecule has 0 saturated carbocycles. The van der Waals surface area contributed by atoms with Crippen LogP contribution in [-0.4, -0.2) is 11.0 Å². The molecule has 0 aromatic heterocycles. The highest BCUT2D eigenvalue weighted by atomic mass is 79.9. The Bertz CT molecular complexity index is 833. The van der Waals surface area contributed by atoms with Gasteiger partial charge in [-0.3, -0.25) is 9.69 Å². The van der Waals surface area contributed by atoms with E-state index >= 15 is 0 Å². The van der Waals surface area contributed by atoms with E-state index in [1.807, 2.05) is 43.3 Å². The third-order valence-electron chi connectivity index (χ3n) is 3.47. The van der Waals surface area contributed by atoms with Crippen molar-refractivity contribution in [2.75, 3.05) is 4.90 Å². The summed E-state index contributed by atoms with van der Waals surface area (Å²) in [5, 5.41) is 3.91. The van der Waals surface area contributed by atoms with Gasteiger partial charge in [0.15, 0.2) is 5.11 Å². The Kier molecular flexibility index (Phi) is 4.53. The summed E-state index contributed by atoms with van der Waals surface area (Å²) in [4.78, 5) is 14.1. The van der Waals surface area contributed by atoms with E-state index in [-0.39, 0.29) is 5.91 Å². The van der Waals surface area contributed by atoms with Crippen molar-refractivity contribution in [3.63, 3.8) is 0 Å². The highest BCUT2D eigenvalue weighted by Crippen LogP contribution is 2.27. The summed E-state index contributed by atoms with van der Waals surface area (Å²) in [7, 11) is 0. The number of hydrogen-bond acceptors (Lipinski definition) is 2. The van der Waals surface area contributed by atoms with E-state index < -0.39 is 0 Å². The number of thiocarbonyl (C=S) groups is 1. The minimum Gasteiger partial charge on any atom is -0.327 e. The second kappa shape index (κ2) is 6.43. The van der Waals surface area contributed by atoms with Crippen LogP contribution in [0.3, 0.4) is 0 Å². The highest BCUT2D eigenvalue weighted by Gasteiger charge is 2.32. The van der Waals surface area contributed by atoms with Crippen molar-refractivity contribution >= 4 is 62.5 Å². The van der Waals surface area contributed by atoms with E-state index in [0.717, 1.165) is 15.6 Å². The van der Waals surface area contributed by atoms with Crippen molar-refractivity contribution in [1.82, 2.24) is 5.32 Å². The summed E-state index contributed by atoms with van der Waals surface area (Å²) in [6.07, 6.45) is 1.77. The Labute approximate surface area is 153 Å². The fraction of sp³-hybridized carbons (Fsp3) is 0.0588. The van der Waals surface area contributed by atoms with Crippen LogP contribution in [0.4, 0.5) is 5.69 Å². The van der Waals surface area contributed by atoms with Gasteiger partial charge in [0.2, 0.25) is 0 Å². The number of benzene rings is 2. The van der Waals surface area contributed by atoms with Crippen LogP contribution in [0, 0.1) is 6.92 Å². The molecule has 116 valence electrons. The molecule has 0 unspecified atom stereocenters. The average Bonchev–Trinajstić information content (AvgIpc) is 2.79. The quantitative estimate of drug-likeness (QED) is 0.580. The number of rotatable bonds is 2. The van der Waals surface area contributed by atoms with E-state index in [9.17, 15) is 4.79 Å². The molecule has 0 aliphatic carbocycles. The van der Waals surface area contributed by atoms with Gasteiger partial charge in [-0.2, -0.15) is 0 Å². The average molecular weight is 408 g/mol. The molecule has 1 fully saturated rings. The topological polar surface area (TPSA) is 32.3 Å². The zero-order valence-corrected chi connectivity index (χ0v) is 15.3. The Morgan fingerprint density at radius 3 is 2.57 bits per heavy atom. The van der Waals surface area contributed by atoms with Gasteiger partial charge in [0.25, 0.3) is 5.91 Å². The van der Waals surface area contributed by atoms with Crippen molar-refractivity contribution in [3.8, 4) is 0 Å². The van der Waals surface area contributed by atoms with Gasteiger partial charge in [0.1, 0.15) is 5.70 Å². The van der Waals surface area contributed by atoms with E-state index in [1.165, 1.54) is 4.90 Å². The first-order valence-electron chi connectivity index (χ1n) is 6.84. The molecule has 0 atom stereocenters. The predicted molar refractivity (Wildman–Crippen MR) is 102 cm³/mol. The van der Waals surface area contributed by atoms with Gasteiger partial charge in [-0.1, -0.05) is 45.7 Å². The van der Waals surface area contributed by atoms with Crippen molar-refractivity contribution < 1.29 is 4.79 Å². The third kappa shape index (κ3) is 3.32. The van der Waals surface area contributed by atoms with Crippen LogP contribution in [0.5, 0.6) is 0 Å². The Hall–Kier alpha value is -1.69. The zero-order chi connectivity index (χ0) is 16.6. The Morgan fingerprint density at radius 2 is 1.91 bits per heavy atom. The molecule has 0 bridgehead atoms. The molecular weight excluding hydrogens is 396 g/mol. The fourth-order valence-electron chi connectivity index (χ4n) is 2.22. The summed E-state index contributed by atoms with van der Waals surface area (Å²) in [5.74, 6) is -0.196. The van der Waals surface area contributed by atoms with Crippen LogP contribution in [0.2, 0.25) is 5.02 Å². The van der Waals surface area contributed by atoms with E-state index in [2.05, 4.69) is 21.2 Å².